The average molecular weight is 329 g/mol. The Morgan fingerprint density at radius 2 is 1.72 bits per heavy atom. The van der Waals surface area contributed by atoms with Crippen molar-refractivity contribution in [2.75, 3.05) is 5.32 Å². The number of aryl methyl sites for hydroxylation is 1. The summed E-state index contributed by atoms with van der Waals surface area (Å²) in [6.45, 7) is 5.05. The molecule has 0 amide bonds. The summed E-state index contributed by atoms with van der Waals surface area (Å²) < 4.78 is 2.25. The van der Waals surface area contributed by atoms with Crippen molar-refractivity contribution in [3.05, 3.63) is 78.0 Å². The van der Waals surface area contributed by atoms with Crippen LogP contribution in [0.25, 0.3) is 11.0 Å². The Morgan fingerprint density at radius 3 is 2.48 bits per heavy atom. The van der Waals surface area contributed by atoms with E-state index in [2.05, 4.69) is 62.9 Å². The minimum Gasteiger partial charge on any atom is -0.339 e. The summed E-state index contributed by atoms with van der Waals surface area (Å²) in [6.07, 6.45) is 5.14. The fraction of sp³-hybridized carbons (Fsp3) is 0.150. The lowest BCUT2D eigenvalue weighted by atomic mass is 10.2. The maximum atomic E-state index is 4.56. The molecule has 1 N–H and O–H groups in total. The van der Waals surface area contributed by atoms with Crippen molar-refractivity contribution in [3.63, 3.8) is 0 Å². The van der Waals surface area contributed by atoms with Crippen molar-refractivity contribution in [3.8, 4) is 0 Å². The number of aromatic nitrogens is 4. The molecule has 0 unspecified atom stereocenters. The van der Waals surface area contributed by atoms with Crippen LogP contribution in [0.3, 0.4) is 0 Å². The standard InChI is InChI=1S/C20H19N5/c1-14-15(2)25(12-16-6-4-3-5-7-16)20-18(14)19(22-13-23-20)24-17-8-10-21-11-9-17/h3-11,13H,12H2,1-2H3,(H,21,22,23,24). The van der Waals surface area contributed by atoms with Gasteiger partial charge in [-0.05, 0) is 37.1 Å². The summed E-state index contributed by atoms with van der Waals surface area (Å²) in [4.78, 5) is 13.1. The number of hydrogen-bond acceptors (Lipinski definition) is 4. The molecule has 0 bridgehead atoms. The zero-order valence-electron chi connectivity index (χ0n) is 14.3. The Bertz CT molecular complexity index is 1010. The van der Waals surface area contributed by atoms with E-state index in [1.165, 1.54) is 16.8 Å². The van der Waals surface area contributed by atoms with Crippen LogP contribution in [0.5, 0.6) is 0 Å². The number of pyridine rings is 1. The number of fused-ring (bicyclic) bond motifs is 1. The molecule has 0 fully saturated rings. The SMILES string of the molecule is Cc1c(C)n(Cc2ccccc2)c2ncnc(Nc3ccncc3)c12. The van der Waals surface area contributed by atoms with Crippen LogP contribution >= 0.6 is 0 Å². The lowest BCUT2D eigenvalue weighted by molar-refractivity contribution is 0.790. The second-order valence-corrected chi connectivity index (χ2v) is 6.06. The molecular formula is C20H19N5. The van der Waals surface area contributed by atoms with Crippen LogP contribution < -0.4 is 5.32 Å². The molecule has 3 aromatic heterocycles. The quantitative estimate of drug-likeness (QED) is 0.608. The van der Waals surface area contributed by atoms with E-state index in [-0.39, 0.29) is 0 Å². The zero-order chi connectivity index (χ0) is 17.2. The highest BCUT2D eigenvalue weighted by atomic mass is 15.1. The lowest BCUT2D eigenvalue weighted by Crippen LogP contribution is -2.03. The van der Waals surface area contributed by atoms with Crippen molar-refractivity contribution in [1.29, 1.82) is 0 Å². The van der Waals surface area contributed by atoms with Gasteiger partial charge in [-0.1, -0.05) is 30.3 Å². The van der Waals surface area contributed by atoms with Crippen molar-refractivity contribution in [1.82, 2.24) is 19.5 Å². The fourth-order valence-corrected chi connectivity index (χ4v) is 3.09. The number of nitrogens with one attached hydrogen (secondary N) is 1. The van der Waals surface area contributed by atoms with Crippen LogP contribution in [0, 0.1) is 13.8 Å². The number of hydrogen-bond donors (Lipinski definition) is 1. The zero-order valence-corrected chi connectivity index (χ0v) is 14.3. The van der Waals surface area contributed by atoms with Crippen LogP contribution in [0.4, 0.5) is 11.5 Å². The number of benzene rings is 1. The summed E-state index contributed by atoms with van der Waals surface area (Å²) >= 11 is 0. The molecule has 4 rings (SSSR count). The average Bonchev–Trinajstić information content (AvgIpc) is 2.89. The molecule has 5 heteroatoms. The molecular weight excluding hydrogens is 310 g/mol. The Labute approximate surface area is 146 Å². The van der Waals surface area contributed by atoms with Crippen molar-refractivity contribution < 1.29 is 0 Å². The minimum absolute atomic E-state index is 0.794. The molecule has 124 valence electrons. The van der Waals surface area contributed by atoms with Crippen molar-refractivity contribution >= 4 is 22.5 Å². The Hall–Kier alpha value is -3.21. The topological polar surface area (TPSA) is 55.6 Å². The number of rotatable bonds is 4. The van der Waals surface area contributed by atoms with Gasteiger partial charge in [-0.3, -0.25) is 4.98 Å². The number of anilines is 2. The van der Waals surface area contributed by atoms with Gasteiger partial charge < -0.3 is 9.88 Å². The Kier molecular flexibility index (Phi) is 3.90. The predicted octanol–water partition coefficient (Wildman–Crippen LogP) is 4.24. The highest BCUT2D eigenvalue weighted by molar-refractivity contribution is 5.93. The first kappa shape index (κ1) is 15.3. The van der Waals surface area contributed by atoms with E-state index in [0.29, 0.717) is 0 Å². The molecule has 0 aliphatic heterocycles. The number of nitrogens with zero attached hydrogens (tertiary/aromatic N) is 4. The van der Waals surface area contributed by atoms with E-state index in [1.54, 1.807) is 18.7 Å². The van der Waals surface area contributed by atoms with E-state index in [1.807, 2.05) is 18.2 Å². The van der Waals surface area contributed by atoms with Crippen LogP contribution in [-0.4, -0.2) is 19.5 Å². The van der Waals surface area contributed by atoms with Crippen LogP contribution in [-0.2, 0) is 6.54 Å². The van der Waals surface area contributed by atoms with Crippen molar-refractivity contribution in [2.45, 2.75) is 20.4 Å². The van der Waals surface area contributed by atoms with Gasteiger partial charge in [0.05, 0.1) is 5.39 Å². The van der Waals surface area contributed by atoms with Gasteiger partial charge in [0.2, 0.25) is 0 Å². The first-order valence-electron chi connectivity index (χ1n) is 8.25. The van der Waals surface area contributed by atoms with Gasteiger partial charge in [0.25, 0.3) is 0 Å². The summed E-state index contributed by atoms with van der Waals surface area (Å²) in [6, 6.07) is 14.3. The minimum atomic E-state index is 0.794. The second-order valence-electron chi connectivity index (χ2n) is 6.06. The van der Waals surface area contributed by atoms with Crippen molar-refractivity contribution in [2.24, 2.45) is 0 Å². The first-order valence-corrected chi connectivity index (χ1v) is 8.25. The molecule has 25 heavy (non-hydrogen) atoms. The van der Waals surface area contributed by atoms with Gasteiger partial charge in [-0.15, -0.1) is 0 Å². The molecule has 0 radical (unpaired) electrons. The van der Waals surface area contributed by atoms with E-state index in [4.69, 9.17) is 0 Å². The summed E-state index contributed by atoms with van der Waals surface area (Å²) in [5, 5.41) is 4.45. The van der Waals surface area contributed by atoms with E-state index in [0.717, 1.165) is 29.1 Å². The molecule has 0 spiro atoms. The largest absolute Gasteiger partial charge is 0.339 e. The van der Waals surface area contributed by atoms with Gasteiger partial charge in [0.15, 0.2) is 0 Å². The normalized spacial score (nSPS) is 11.0. The molecule has 3 heterocycles. The van der Waals surface area contributed by atoms with E-state index >= 15 is 0 Å². The Morgan fingerprint density at radius 1 is 0.960 bits per heavy atom. The third kappa shape index (κ3) is 2.85. The van der Waals surface area contributed by atoms with Crippen LogP contribution in [0.1, 0.15) is 16.8 Å². The monoisotopic (exact) mass is 329 g/mol. The smallest absolute Gasteiger partial charge is 0.146 e. The third-order valence-corrected chi connectivity index (χ3v) is 4.53. The molecule has 0 aliphatic rings. The van der Waals surface area contributed by atoms with E-state index in [9.17, 15) is 0 Å². The summed E-state index contributed by atoms with van der Waals surface area (Å²) in [5.74, 6) is 0.823. The highest BCUT2D eigenvalue weighted by Gasteiger charge is 2.16. The van der Waals surface area contributed by atoms with E-state index < -0.39 is 0 Å². The second kappa shape index (κ2) is 6.36. The Balaban J connectivity index is 1.81. The molecule has 5 nitrogen and oxygen atoms in total. The van der Waals surface area contributed by atoms with Crippen LogP contribution in [0.2, 0.25) is 0 Å². The van der Waals surface area contributed by atoms with Gasteiger partial charge in [-0.2, -0.15) is 0 Å². The molecule has 4 aromatic rings. The maximum absolute atomic E-state index is 4.56. The molecule has 0 saturated carbocycles. The van der Waals surface area contributed by atoms with Crippen LogP contribution in [0.15, 0.2) is 61.2 Å². The van der Waals surface area contributed by atoms with Gasteiger partial charge in [-0.25, -0.2) is 9.97 Å². The summed E-state index contributed by atoms with van der Waals surface area (Å²) in [5.41, 5.74) is 5.57. The highest BCUT2D eigenvalue weighted by Crippen LogP contribution is 2.30. The molecule has 0 atom stereocenters. The third-order valence-electron chi connectivity index (χ3n) is 4.53. The molecule has 0 saturated heterocycles. The van der Waals surface area contributed by atoms with Gasteiger partial charge >= 0.3 is 0 Å². The first-order chi connectivity index (χ1) is 12.2. The predicted molar refractivity (Wildman–Crippen MR) is 100 cm³/mol. The van der Waals surface area contributed by atoms with Gasteiger partial charge in [0, 0.05) is 30.3 Å². The maximum Gasteiger partial charge on any atom is 0.146 e. The molecule has 1 aromatic carbocycles. The lowest BCUT2D eigenvalue weighted by Gasteiger charge is -2.09. The fourth-order valence-electron chi connectivity index (χ4n) is 3.09. The molecule has 0 aliphatic carbocycles. The van der Waals surface area contributed by atoms with Gasteiger partial charge in [0.1, 0.15) is 17.8 Å². The summed E-state index contributed by atoms with van der Waals surface area (Å²) in [7, 11) is 0.